The minimum Gasteiger partial charge on any atom is -0.381 e. The highest BCUT2D eigenvalue weighted by atomic mass is 19.1. The monoisotopic (exact) mass is 266 g/mol. The Balaban J connectivity index is 2.33. The molecule has 0 radical (unpaired) electrons. The van der Waals surface area contributed by atoms with Gasteiger partial charge in [0, 0.05) is 38.0 Å². The Labute approximate surface area is 114 Å². The number of ether oxygens (including phenoxy) is 1. The number of rotatable bonds is 3. The van der Waals surface area contributed by atoms with Crippen molar-refractivity contribution < 1.29 is 9.13 Å². The van der Waals surface area contributed by atoms with E-state index in [1.807, 2.05) is 13.0 Å². The molecule has 4 heteroatoms. The molecule has 2 N–H and O–H groups in total. The second kappa shape index (κ2) is 5.88. The highest BCUT2D eigenvalue weighted by Crippen LogP contribution is 2.30. The van der Waals surface area contributed by atoms with Crippen LogP contribution in [0.3, 0.4) is 0 Å². The summed E-state index contributed by atoms with van der Waals surface area (Å²) >= 11 is 0. The Morgan fingerprint density at radius 1 is 1.37 bits per heavy atom. The van der Waals surface area contributed by atoms with Crippen LogP contribution in [0.4, 0.5) is 10.1 Å². The smallest absolute Gasteiger partial charge is 0.126 e. The highest BCUT2D eigenvalue weighted by Gasteiger charge is 2.22. The summed E-state index contributed by atoms with van der Waals surface area (Å²) in [4.78, 5) is 2.23. The number of benzene rings is 1. The predicted octanol–water partition coefficient (Wildman–Crippen LogP) is 2.77. The van der Waals surface area contributed by atoms with Crippen LogP contribution in [0.1, 0.15) is 36.9 Å². The zero-order valence-corrected chi connectivity index (χ0v) is 11.9. The SMILES string of the molecule is Cc1cc(N(C)C2CCOCC2)c([C@H](C)N)cc1F. The molecule has 19 heavy (non-hydrogen) atoms. The van der Waals surface area contributed by atoms with Gasteiger partial charge in [0.25, 0.3) is 0 Å². The van der Waals surface area contributed by atoms with Crippen molar-refractivity contribution in [3.05, 3.63) is 29.1 Å². The van der Waals surface area contributed by atoms with Crippen molar-refractivity contribution in [3.8, 4) is 0 Å². The van der Waals surface area contributed by atoms with Gasteiger partial charge in [0.2, 0.25) is 0 Å². The summed E-state index contributed by atoms with van der Waals surface area (Å²) in [5, 5.41) is 0. The maximum Gasteiger partial charge on any atom is 0.126 e. The van der Waals surface area contributed by atoms with Crippen LogP contribution in [-0.4, -0.2) is 26.3 Å². The Morgan fingerprint density at radius 3 is 2.58 bits per heavy atom. The quantitative estimate of drug-likeness (QED) is 0.914. The average Bonchev–Trinajstić information content (AvgIpc) is 2.41. The number of aryl methyl sites for hydroxylation is 1. The molecule has 1 aromatic rings. The molecular weight excluding hydrogens is 243 g/mol. The summed E-state index contributed by atoms with van der Waals surface area (Å²) in [6, 6.07) is 3.75. The molecule has 1 aromatic carbocycles. The van der Waals surface area contributed by atoms with E-state index in [1.165, 1.54) is 0 Å². The van der Waals surface area contributed by atoms with Crippen LogP contribution in [0.25, 0.3) is 0 Å². The van der Waals surface area contributed by atoms with Crippen molar-refractivity contribution in [2.45, 2.75) is 38.8 Å². The maximum absolute atomic E-state index is 13.7. The number of nitrogens with zero attached hydrogens (tertiary/aromatic N) is 1. The minimum atomic E-state index is -0.184. The van der Waals surface area contributed by atoms with Gasteiger partial charge in [-0.1, -0.05) is 0 Å². The molecule has 2 rings (SSSR count). The number of hydrogen-bond acceptors (Lipinski definition) is 3. The number of nitrogens with two attached hydrogens (primary N) is 1. The summed E-state index contributed by atoms with van der Waals surface area (Å²) in [5.74, 6) is -0.184. The predicted molar refractivity (Wildman–Crippen MR) is 76.0 cm³/mol. The van der Waals surface area contributed by atoms with E-state index < -0.39 is 0 Å². The van der Waals surface area contributed by atoms with Gasteiger partial charge in [0.05, 0.1) is 0 Å². The van der Waals surface area contributed by atoms with Gasteiger partial charge in [-0.25, -0.2) is 4.39 Å². The number of hydrogen-bond donors (Lipinski definition) is 1. The average molecular weight is 266 g/mol. The molecule has 1 aliphatic rings. The van der Waals surface area contributed by atoms with E-state index in [4.69, 9.17) is 10.5 Å². The standard InChI is InChI=1S/C15H23FN2O/c1-10-8-15(13(11(2)17)9-14(10)16)18(3)12-4-6-19-7-5-12/h8-9,11-12H,4-7,17H2,1-3H3/t11-/m0/s1. The van der Waals surface area contributed by atoms with Crippen molar-refractivity contribution in [2.75, 3.05) is 25.2 Å². The fraction of sp³-hybridized carbons (Fsp3) is 0.600. The first-order chi connectivity index (χ1) is 9.00. The zero-order valence-electron chi connectivity index (χ0n) is 11.9. The molecule has 1 fully saturated rings. The van der Waals surface area contributed by atoms with Crippen LogP contribution in [0.2, 0.25) is 0 Å². The lowest BCUT2D eigenvalue weighted by Crippen LogP contribution is -2.37. The van der Waals surface area contributed by atoms with Gasteiger partial charge in [-0.15, -0.1) is 0 Å². The topological polar surface area (TPSA) is 38.5 Å². The van der Waals surface area contributed by atoms with Gasteiger partial charge in [0.1, 0.15) is 5.82 Å². The molecule has 3 nitrogen and oxygen atoms in total. The molecule has 0 aromatic heterocycles. The summed E-state index contributed by atoms with van der Waals surface area (Å²) < 4.78 is 19.1. The second-order valence-corrected chi connectivity index (χ2v) is 5.40. The Morgan fingerprint density at radius 2 is 2.00 bits per heavy atom. The third-order valence-electron chi connectivity index (χ3n) is 3.92. The molecule has 0 unspecified atom stereocenters. The van der Waals surface area contributed by atoms with Gasteiger partial charge in [-0.3, -0.25) is 0 Å². The van der Waals surface area contributed by atoms with Crippen LogP contribution >= 0.6 is 0 Å². The molecule has 0 aliphatic carbocycles. The minimum absolute atomic E-state index is 0.174. The molecule has 0 bridgehead atoms. The van der Waals surface area contributed by atoms with E-state index in [9.17, 15) is 4.39 Å². The lowest BCUT2D eigenvalue weighted by Gasteiger charge is -2.35. The van der Waals surface area contributed by atoms with Crippen molar-refractivity contribution in [2.24, 2.45) is 5.73 Å². The summed E-state index contributed by atoms with van der Waals surface area (Å²) in [6.07, 6.45) is 2.01. The first kappa shape index (κ1) is 14.3. The fourth-order valence-electron chi connectivity index (χ4n) is 2.62. The van der Waals surface area contributed by atoms with E-state index >= 15 is 0 Å². The van der Waals surface area contributed by atoms with E-state index in [1.54, 1.807) is 13.0 Å². The van der Waals surface area contributed by atoms with Crippen molar-refractivity contribution in [1.82, 2.24) is 0 Å². The Hall–Kier alpha value is -1.13. The summed E-state index contributed by atoms with van der Waals surface area (Å²) in [5.41, 5.74) is 8.56. The zero-order chi connectivity index (χ0) is 14.0. The second-order valence-electron chi connectivity index (χ2n) is 5.40. The molecule has 106 valence electrons. The van der Waals surface area contributed by atoms with Crippen molar-refractivity contribution in [3.63, 3.8) is 0 Å². The van der Waals surface area contributed by atoms with E-state index in [0.29, 0.717) is 11.6 Å². The Kier molecular flexibility index (Phi) is 4.42. The largest absolute Gasteiger partial charge is 0.381 e. The van der Waals surface area contributed by atoms with E-state index in [-0.39, 0.29) is 11.9 Å². The first-order valence-corrected chi connectivity index (χ1v) is 6.87. The molecule has 0 saturated carbocycles. The third kappa shape index (κ3) is 3.07. The Bertz CT molecular complexity index is 442. The fourth-order valence-corrected chi connectivity index (χ4v) is 2.62. The molecule has 1 heterocycles. The molecule has 1 saturated heterocycles. The molecule has 1 atom stereocenters. The maximum atomic E-state index is 13.7. The van der Waals surface area contributed by atoms with Crippen molar-refractivity contribution in [1.29, 1.82) is 0 Å². The van der Waals surface area contributed by atoms with Gasteiger partial charge in [-0.05, 0) is 49.9 Å². The lowest BCUT2D eigenvalue weighted by atomic mass is 10.00. The normalized spacial score (nSPS) is 18.4. The highest BCUT2D eigenvalue weighted by molar-refractivity contribution is 5.57. The third-order valence-corrected chi connectivity index (χ3v) is 3.92. The van der Waals surface area contributed by atoms with Gasteiger partial charge >= 0.3 is 0 Å². The van der Waals surface area contributed by atoms with E-state index in [0.717, 1.165) is 37.3 Å². The van der Waals surface area contributed by atoms with E-state index in [2.05, 4.69) is 11.9 Å². The van der Waals surface area contributed by atoms with Gasteiger partial charge in [0.15, 0.2) is 0 Å². The lowest BCUT2D eigenvalue weighted by molar-refractivity contribution is 0.0854. The van der Waals surface area contributed by atoms with Crippen LogP contribution in [0, 0.1) is 12.7 Å². The van der Waals surface area contributed by atoms with Gasteiger partial charge < -0.3 is 15.4 Å². The summed E-state index contributed by atoms with van der Waals surface area (Å²) in [6.45, 7) is 5.28. The van der Waals surface area contributed by atoms with Crippen LogP contribution in [0.15, 0.2) is 12.1 Å². The first-order valence-electron chi connectivity index (χ1n) is 6.87. The molecule has 0 amide bonds. The number of halogens is 1. The molecular formula is C15H23FN2O. The van der Waals surface area contributed by atoms with Crippen molar-refractivity contribution >= 4 is 5.69 Å². The van der Waals surface area contributed by atoms with Gasteiger partial charge in [-0.2, -0.15) is 0 Å². The van der Waals surface area contributed by atoms with Crippen LogP contribution in [-0.2, 0) is 4.74 Å². The summed E-state index contributed by atoms with van der Waals surface area (Å²) in [7, 11) is 2.06. The van der Waals surface area contributed by atoms with Crippen LogP contribution < -0.4 is 10.6 Å². The van der Waals surface area contributed by atoms with Crippen LogP contribution in [0.5, 0.6) is 0 Å². The molecule has 0 spiro atoms. The molecule has 1 aliphatic heterocycles. The number of anilines is 1.